The van der Waals surface area contributed by atoms with Gasteiger partial charge in [0, 0.05) is 0 Å². The zero-order valence-electron chi connectivity index (χ0n) is 18.4. The molecule has 2 N–H and O–H groups in total. The topological polar surface area (TPSA) is 114 Å². The van der Waals surface area contributed by atoms with Crippen LogP contribution in [0.5, 0.6) is 17.2 Å². The lowest BCUT2D eigenvalue weighted by Crippen LogP contribution is -2.44. The van der Waals surface area contributed by atoms with Crippen molar-refractivity contribution in [2.24, 2.45) is 0 Å². The Morgan fingerprint density at radius 3 is 2.62 bits per heavy atom. The number of nitrogens with zero attached hydrogens (tertiary/aromatic N) is 1. The summed E-state index contributed by atoms with van der Waals surface area (Å²) in [5.41, 5.74) is 3.44. The molecule has 0 radical (unpaired) electrons. The van der Waals surface area contributed by atoms with Gasteiger partial charge in [0.25, 0.3) is 11.8 Å². The fourth-order valence-electron chi connectivity index (χ4n) is 2.96. The zero-order chi connectivity index (χ0) is 24.7. The van der Waals surface area contributed by atoms with Crippen LogP contribution in [0.4, 0.5) is 0 Å². The van der Waals surface area contributed by atoms with E-state index in [1.807, 2.05) is 6.92 Å². The van der Waals surface area contributed by atoms with Crippen LogP contribution in [0.3, 0.4) is 0 Å². The average Bonchev–Trinajstić information content (AvgIpc) is 3.07. The molecule has 0 aliphatic carbocycles. The largest absolute Gasteiger partial charge is 0.496 e. The van der Waals surface area contributed by atoms with E-state index in [9.17, 15) is 14.4 Å². The zero-order valence-corrected chi connectivity index (χ0v) is 20.0. The van der Waals surface area contributed by atoms with E-state index in [4.69, 9.17) is 31.5 Å². The lowest BCUT2D eigenvalue weighted by Gasteiger charge is -2.16. The Morgan fingerprint density at radius 1 is 1.15 bits per heavy atom. The number of aliphatic carboxylic acids is 1. The van der Waals surface area contributed by atoms with E-state index >= 15 is 0 Å². The van der Waals surface area contributed by atoms with Crippen molar-refractivity contribution in [2.75, 3.05) is 20.3 Å². The Labute approximate surface area is 205 Å². The predicted molar refractivity (Wildman–Crippen MR) is 131 cm³/mol. The Balaban J connectivity index is 1.76. The number of para-hydroxylation sites is 1. The molecule has 0 atom stereocenters. The van der Waals surface area contributed by atoms with Crippen LogP contribution in [0, 0.1) is 0 Å². The SMILES string of the molecule is CCOc1cc(/C=C2/SC(=S)N(NC(=O)c3ccccc3OC)C2=O)ccc1OCCC(=O)O. The molecule has 1 fully saturated rings. The first-order valence-electron chi connectivity index (χ1n) is 10.2. The molecule has 0 bridgehead atoms. The summed E-state index contributed by atoms with van der Waals surface area (Å²) in [6.07, 6.45) is 1.48. The molecule has 2 aromatic rings. The number of hydrazine groups is 1. The Morgan fingerprint density at radius 2 is 1.91 bits per heavy atom. The highest BCUT2D eigenvalue weighted by molar-refractivity contribution is 8.26. The van der Waals surface area contributed by atoms with Gasteiger partial charge < -0.3 is 19.3 Å². The van der Waals surface area contributed by atoms with Gasteiger partial charge in [-0.25, -0.2) is 0 Å². The van der Waals surface area contributed by atoms with Gasteiger partial charge in [-0.3, -0.25) is 19.8 Å². The van der Waals surface area contributed by atoms with Crippen molar-refractivity contribution in [3.63, 3.8) is 0 Å². The Bertz CT molecular complexity index is 1150. The number of carbonyl (C=O) groups is 3. The highest BCUT2D eigenvalue weighted by Gasteiger charge is 2.34. The number of carboxylic acid groups (broad SMARTS) is 1. The van der Waals surface area contributed by atoms with Crippen LogP contribution in [0.25, 0.3) is 6.08 Å². The van der Waals surface area contributed by atoms with Crippen LogP contribution in [-0.2, 0) is 9.59 Å². The minimum Gasteiger partial charge on any atom is -0.496 e. The van der Waals surface area contributed by atoms with Crippen molar-refractivity contribution in [2.45, 2.75) is 13.3 Å². The van der Waals surface area contributed by atoms with Gasteiger partial charge in [-0.05, 0) is 55.0 Å². The summed E-state index contributed by atoms with van der Waals surface area (Å²) >= 11 is 6.34. The number of thioether (sulfide) groups is 1. The molecule has 2 amide bonds. The minimum absolute atomic E-state index is 0.000685. The van der Waals surface area contributed by atoms with Crippen molar-refractivity contribution in [3.8, 4) is 17.2 Å². The van der Waals surface area contributed by atoms with Crippen LogP contribution in [0.2, 0.25) is 0 Å². The van der Waals surface area contributed by atoms with Crippen LogP contribution >= 0.6 is 24.0 Å². The number of hydrogen-bond acceptors (Lipinski definition) is 8. The van der Waals surface area contributed by atoms with Crippen LogP contribution in [0.1, 0.15) is 29.3 Å². The normalized spacial score (nSPS) is 14.3. The third-order valence-electron chi connectivity index (χ3n) is 4.50. The van der Waals surface area contributed by atoms with Gasteiger partial charge in [0.1, 0.15) is 5.75 Å². The number of amides is 2. The van der Waals surface area contributed by atoms with Crippen LogP contribution in [0.15, 0.2) is 47.4 Å². The van der Waals surface area contributed by atoms with Gasteiger partial charge in [-0.1, -0.05) is 30.0 Å². The summed E-state index contributed by atoms with van der Waals surface area (Å²) in [6.45, 7) is 2.18. The number of carbonyl (C=O) groups excluding carboxylic acids is 2. The quantitative estimate of drug-likeness (QED) is 0.372. The van der Waals surface area contributed by atoms with E-state index in [0.717, 1.165) is 16.8 Å². The number of benzene rings is 2. The van der Waals surface area contributed by atoms with E-state index in [1.54, 1.807) is 48.5 Å². The first-order valence-corrected chi connectivity index (χ1v) is 11.4. The number of carboxylic acids is 1. The molecule has 11 heteroatoms. The number of methoxy groups -OCH3 is 1. The molecule has 1 aliphatic heterocycles. The lowest BCUT2D eigenvalue weighted by molar-refractivity contribution is -0.137. The maximum Gasteiger partial charge on any atom is 0.306 e. The van der Waals surface area contributed by atoms with Crippen molar-refractivity contribution in [1.29, 1.82) is 0 Å². The monoisotopic (exact) mass is 502 g/mol. The molecule has 0 saturated carbocycles. The van der Waals surface area contributed by atoms with E-state index in [0.29, 0.717) is 34.3 Å². The molecular formula is C23H22N2O7S2. The van der Waals surface area contributed by atoms with Crippen molar-refractivity contribution in [1.82, 2.24) is 10.4 Å². The molecule has 9 nitrogen and oxygen atoms in total. The first kappa shape index (κ1) is 25.1. The number of ether oxygens (including phenoxy) is 3. The molecule has 34 heavy (non-hydrogen) atoms. The summed E-state index contributed by atoms with van der Waals surface area (Å²) in [7, 11) is 1.45. The van der Waals surface area contributed by atoms with Crippen molar-refractivity contribution < 1.29 is 33.7 Å². The van der Waals surface area contributed by atoms with Gasteiger partial charge in [-0.15, -0.1) is 0 Å². The number of thiocarbonyl (C=S) groups is 1. The third-order valence-corrected chi connectivity index (χ3v) is 5.80. The highest BCUT2D eigenvalue weighted by Crippen LogP contribution is 2.34. The molecule has 2 aromatic carbocycles. The Kier molecular flexibility index (Phi) is 8.50. The van der Waals surface area contributed by atoms with E-state index < -0.39 is 17.8 Å². The number of nitrogens with one attached hydrogen (secondary N) is 1. The fourth-order valence-corrected chi connectivity index (χ4v) is 4.14. The second-order valence-electron chi connectivity index (χ2n) is 6.79. The second kappa shape index (κ2) is 11.5. The fraction of sp³-hybridized carbons (Fsp3) is 0.217. The van der Waals surface area contributed by atoms with Gasteiger partial charge >= 0.3 is 5.97 Å². The predicted octanol–water partition coefficient (Wildman–Crippen LogP) is 3.49. The lowest BCUT2D eigenvalue weighted by atomic mass is 10.2. The maximum absolute atomic E-state index is 12.9. The third kappa shape index (κ3) is 6.06. The molecule has 1 aliphatic rings. The minimum atomic E-state index is -0.964. The first-order chi connectivity index (χ1) is 16.3. The van der Waals surface area contributed by atoms with Crippen LogP contribution in [-0.4, -0.2) is 52.5 Å². The molecule has 0 unspecified atom stereocenters. The van der Waals surface area contributed by atoms with Gasteiger partial charge in [0.15, 0.2) is 15.8 Å². The summed E-state index contributed by atoms with van der Waals surface area (Å²) in [4.78, 5) is 36.6. The smallest absolute Gasteiger partial charge is 0.306 e. The summed E-state index contributed by atoms with van der Waals surface area (Å²) in [5, 5.41) is 9.80. The number of rotatable bonds is 10. The maximum atomic E-state index is 12.9. The van der Waals surface area contributed by atoms with Crippen molar-refractivity contribution in [3.05, 3.63) is 58.5 Å². The molecular weight excluding hydrogens is 480 g/mol. The molecule has 0 aromatic heterocycles. The van der Waals surface area contributed by atoms with E-state index in [-0.39, 0.29) is 22.9 Å². The second-order valence-corrected chi connectivity index (χ2v) is 8.47. The molecule has 1 heterocycles. The molecule has 0 spiro atoms. The van der Waals surface area contributed by atoms with E-state index in [2.05, 4.69) is 5.43 Å². The standard InChI is InChI=1S/C23H22N2O7S2/c1-3-31-18-12-14(8-9-17(18)32-11-10-20(26)27)13-19-22(29)25(23(33)34-19)24-21(28)15-6-4-5-7-16(15)30-2/h4-9,12-13H,3,10-11H2,1-2H3,(H,24,28)(H,26,27)/b19-13+. The average molecular weight is 503 g/mol. The summed E-state index contributed by atoms with van der Waals surface area (Å²) < 4.78 is 16.5. The van der Waals surface area contributed by atoms with Gasteiger partial charge in [-0.2, -0.15) is 5.01 Å². The highest BCUT2D eigenvalue weighted by atomic mass is 32.2. The molecule has 1 saturated heterocycles. The molecule has 178 valence electrons. The summed E-state index contributed by atoms with van der Waals surface area (Å²) in [6, 6.07) is 11.7. The Hall–Kier alpha value is -3.57. The molecule has 3 rings (SSSR count). The summed E-state index contributed by atoms with van der Waals surface area (Å²) in [5.74, 6) is -0.780. The number of hydrogen-bond donors (Lipinski definition) is 2. The van der Waals surface area contributed by atoms with Gasteiger partial charge in [0.2, 0.25) is 0 Å². The van der Waals surface area contributed by atoms with Gasteiger partial charge in [0.05, 0.1) is 37.2 Å². The van der Waals surface area contributed by atoms with Crippen LogP contribution < -0.4 is 19.6 Å². The van der Waals surface area contributed by atoms with Crippen molar-refractivity contribution >= 4 is 52.2 Å². The van der Waals surface area contributed by atoms with E-state index in [1.165, 1.54) is 7.11 Å².